The van der Waals surface area contributed by atoms with Gasteiger partial charge in [0.05, 0.1) is 0 Å². The van der Waals surface area contributed by atoms with Crippen molar-refractivity contribution in [3.8, 4) is 11.5 Å². The molecule has 19 heavy (non-hydrogen) atoms. The quantitative estimate of drug-likeness (QED) is 0.732. The molecule has 0 radical (unpaired) electrons. The lowest BCUT2D eigenvalue weighted by atomic mass is 9.95. The van der Waals surface area contributed by atoms with Crippen LogP contribution in [0.2, 0.25) is 0 Å². The van der Waals surface area contributed by atoms with E-state index in [4.69, 9.17) is 5.11 Å². The minimum atomic E-state index is -0.139. The number of benzene rings is 1. The average Bonchev–Trinajstić information content (AvgIpc) is 2.39. The fraction of sp³-hybridized carbons (Fsp3) is 0.400. The van der Waals surface area contributed by atoms with Gasteiger partial charge in [-0.05, 0) is 31.1 Å². The topological polar surface area (TPSA) is 69.6 Å². The number of nitrogens with one attached hydrogen (secondary N) is 1. The van der Waals surface area contributed by atoms with Crippen molar-refractivity contribution >= 4 is 12.0 Å². The summed E-state index contributed by atoms with van der Waals surface area (Å²) in [6, 6.07) is 4.56. The van der Waals surface area contributed by atoms with E-state index < -0.39 is 0 Å². The normalized spacial score (nSPS) is 16.6. The minimum Gasteiger partial charge on any atom is -0.508 e. The summed E-state index contributed by atoms with van der Waals surface area (Å²) in [6.07, 6.45) is 8.66. The van der Waals surface area contributed by atoms with Crippen LogP contribution in [0.4, 0.5) is 0 Å². The molecule has 0 bridgehead atoms. The summed E-state index contributed by atoms with van der Waals surface area (Å²) in [4.78, 5) is 11.7. The highest BCUT2D eigenvalue weighted by molar-refractivity contribution is 5.92. The molecule has 1 aliphatic carbocycles. The molecule has 1 saturated carbocycles. The van der Waals surface area contributed by atoms with Crippen molar-refractivity contribution in [3.63, 3.8) is 0 Å². The van der Waals surface area contributed by atoms with Crippen molar-refractivity contribution in [3.05, 3.63) is 29.8 Å². The van der Waals surface area contributed by atoms with Crippen LogP contribution in [0.3, 0.4) is 0 Å². The van der Waals surface area contributed by atoms with E-state index in [2.05, 4.69) is 5.32 Å². The molecule has 4 nitrogen and oxygen atoms in total. The van der Waals surface area contributed by atoms with E-state index in [0.717, 1.165) is 12.8 Å². The van der Waals surface area contributed by atoms with Gasteiger partial charge in [0.1, 0.15) is 11.5 Å². The van der Waals surface area contributed by atoms with E-state index >= 15 is 0 Å². The van der Waals surface area contributed by atoms with Crippen molar-refractivity contribution in [1.29, 1.82) is 0 Å². The molecule has 1 aromatic rings. The van der Waals surface area contributed by atoms with Gasteiger partial charge in [-0.2, -0.15) is 0 Å². The Balaban J connectivity index is 1.92. The van der Waals surface area contributed by atoms with Crippen LogP contribution in [0.5, 0.6) is 11.5 Å². The monoisotopic (exact) mass is 261 g/mol. The maximum absolute atomic E-state index is 11.7. The molecule has 4 heteroatoms. The lowest BCUT2D eigenvalue weighted by molar-refractivity contribution is -0.117. The molecule has 102 valence electrons. The second-order valence-electron chi connectivity index (χ2n) is 4.92. The fourth-order valence-electron chi connectivity index (χ4n) is 2.33. The standard InChI is InChI=1S/C15H19NO3/c17-13-8-6-11(14(18)10-13)7-9-15(19)16-12-4-2-1-3-5-12/h6-10,12,17-18H,1-5H2,(H,16,19)/b9-7+. The molecule has 0 unspecified atom stereocenters. The van der Waals surface area contributed by atoms with Gasteiger partial charge >= 0.3 is 0 Å². The van der Waals surface area contributed by atoms with Crippen molar-refractivity contribution in [2.75, 3.05) is 0 Å². The molecule has 0 heterocycles. The third-order valence-corrected chi connectivity index (χ3v) is 3.38. The van der Waals surface area contributed by atoms with Crippen LogP contribution >= 0.6 is 0 Å². The molecule has 0 spiro atoms. The van der Waals surface area contributed by atoms with Crippen molar-refractivity contribution in [2.24, 2.45) is 0 Å². The Kier molecular flexibility index (Phi) is 4.44. The molecule has 0 saturated heterocycles. The number of phenols is 2. The maximum Gasteiger partial charge on any atom is 0.244 e. The Morgan fingerprint density at radius 1 is 1.21 bits per heavy atom. The van der Waals surface area contributed by atoms with Gasteiger partial charge < -0.3 is 15.5 Å². The predicted octanol–water partition coefficient (Wildman–Crippen LogP) is 2.56. The molecule has 1 fully saturated rings. The summed E-state index contributed by atoms with van der Waals surface area (Å²) in [7, 11) is 0. The van der Waals surface area contributed by atoms with Crippen molar-refractivity contribution < 1.29 is 15.0 Å². The second kappa shape index (κ2) is 6.27. The molecule has 0 aromatic heterocycles. The highest BCUT2D eigenvalue weighted by Crippen LogP contribution is 2.23. The summed E-state index contributed by atoms with van der Waals surface area (Å²) in [5.41, 5.74) is 0.511. The smallest absolute Gasteiger partial charge is 0.244 e. The van der Waals surface area contributed by atoms with E-state index in [9.17, 15) is 9.90 Å². The largest absolute Gasteiger partial charge is 0.508 e. The lowest BCUT2D eigenvalue weighted by Crippen LogP contribution is -2.34. The molecule has 1 aromatic carbocycles. The number of hydrogen-bond acceptors (Lipinski definition) is 3. The zero-order valence-corrected chi connectivity index (χ0v) is 10.8. The summed E-state index contributed by atoms with van der Waals surface area (Å²) < 4.78 is 0. The highest BCUT2D eigenvalue weighted by atomic mass is 16.3. The number of hydrogen-bond donors (Lipinski definition) is 3. The van der Waals surface area contributed by atoms with Gasteiger partial charge in [-0.15, -0.1) is 0 Å². The number of carbonyl (C=O) groups is 1. The van der Waals surface area contributed by atoms with Crippen LogP contribution in [-0.2, 0) is 4.79 Å². The Morgan fingerprint density at radius 3 is 2.63 bits per heavy atom. The van der Waals surface area contributed by atoms with Gasteiger partial charge in [-0.3, -0.25) is 4.79 Å². The van der Waals surface area contributed by atoms with E-state index in [1.807, 2.05) is 0 Å². The van der Waals surface area contributed by atoms with Crippen LogP contribution < -0.4 is 5.32 Å². The van der Waals surface area contributed by atoms with Crippen molar-refractivity contribution in [2.45, 2.75) is 38.1 Å². The molecule has 2 rings (SSSR count). The number of rotatable bonds is 3. The maximum atomic E-state index is 11.7. The number of amides is 1. The molecular formula is C15H19NO3. The fourth-order valence-corrected chi connectivity index (χ4v) is 2.33. The molecule has 0 aliphatic heterocycles. The summed E-state index contributed by atoms with van der Waals surface area (Å²) in [6.45, 7) is 0. The SMILES string of the molecule is O=C(/C=C/c1ccc(O)cc1O)NC1CCCCC1. The van der Waals surface area contributed by atoms with Gasteiger partial charge in [0.25, 0.3) is 0 Å². The Hall–Kier alpha value is -1.97. The first-order chi connectivity index (χ1) is 9.15. The average molecular weight is 261 g/mol. The first-order valence-corrected chi connectivity index (χ1v) is 6.66. The Labute approximate surface area is 112 Å². The number of carbonyl (C=O) groups excluding carboxylic acids is 1. The molecule has 1 aliphatic rings. The van der Waals surface area contributed by atoms with Crippen LogP contribution in [-0.4, -0.2) is 22.2 Å². The highest BCUT2D eigenvalue weighted by Gasteiger charge is 2.14. The Morgan fingerprint density at radius 2 is 1.95 bits per heavy atom. The van der Waals surface area contributed by atoms with Gasteiger partial charge in [-0.25, -0.2) is 0 Å². The third-order valence-electron chi connectivity index (χ3n) is 3.38. The molecule has 1 amide bonds. The predicted molar refractivity (Wildman–Crippen MR) is 73.8 cm³/mol. The summed E-state index contributed by atoms with van der Waals surface area (Å²) in [5, 5.41) is 21.7. The van der Waals surface area contributed by atoms with Crippen LogP contribution in [0.15, 0.2) is 24.3 Å². The third kappa shape index (κ3) is 4.02. The molecule has 3 N–H and O–H groups in total. The lowest BCUT2D eigenvalue weighted by Gasteiger charge is -2.21. The van der Waals surface area contributed by atoms with Gasteiger partial charge in [0, 0.05) is 23.7 Å². The first kappa shape index (κ1) is 13.5. The van der Waals surface area contributed by atoms with Crippen LogP contribution in [0.25, 0.3) is 6.08 Å². The second-order valence-corrected chi connectivity index (χ2v) is 4.92. The summed E-state index contributed by atoms with van der Waals surface area (Å²) in [5.74, 6) is -0.178. The van der Waals surface area contributed by atoms with E-state index in [1.54, 1.807) is 12.1 Å². The van der Waals surface area contributed by atoms with Crippen LogP contribution in [0.1, 0.15) is 37.7 Å². The Bertz CT molecular complexity index is 476. The van der Waals surface area contributed by atoms with Gasteiger partial charge in [0.15, 0.2) is 0 Å². The van der Waals surface area contributed by atoms with Crippen LogP contribution in [0, 0.1) is 0 Å². The zero-order valence-electron chi connectivity index (χ0n) is 10.8. The van der Waals surface area contributed by atoms with E-state index in [-0.39, 0.29) is 23.4 Å². The van der Waals surface area contributed by atoms with Crippen molar-refractivity contribution in [1.82, 2.24) is 5.32 Å². The van der Waals surface area contributed by atoms with Gasteiger partial charge in [0.2, 0.25) is 5.91 Å². The minimum absolute atomic E-state index is 0.00121. The van der Waals surface area contributed by atoms with Gasteiger partial charge in [-0.1, -0.05) is 19.3 Å². The van der Waals surface area contributed by atoms with E-state index in [0.29, 0.717) is 5.56 Å². The number of phenolic OH excluding ortho intramolecular Hbond substituents is 2. The first-order valence-electron chi connectivity index (χ1n) is 6.66. The molecule has 0 atom stereocenters. The summed E-state index contributed by atoms with van der Waals surface area (Å²) >= 11 is 0. The molecular weight excluding hydrogens is 242 g/mol. The van der Waals surface area contributed by atoms with E-state index in [1.165, 1.54) is 37.5 Å². The zero-order chi connectivity index (χ0) is 13.7. The number of aromatic hydroxyl groups is 2.